The van der Waals surface area contributed by atoms with Gasteiger partial charge < -0.3 is 20.9 Å². The molecule has 0 spiro atoms. The summed E-state index contributed by atoms with van der Waals surface area (Å²) in [6, 6.07) is 18.6. The van der Waals surface area contributed by atoms with Crippen molar-refractivity contribution in [2.24, 2.45) is 5.73 Å². The third-order valence-corrected chi connectivity index (χ3v) is 4.01. The van der Waals surface area contributed by atoms with Crippen molar-refractivity contribution in [3.63, 3.8) is 0 Å². The number of aliphatic hydroxyl groups excluding tert-OH is 1. The number of rotatable bonds is 10. The lowest BCUT2D eigenvalue weighted by Crippen LogP contribution is -2.37. The molecule has 0 fully saturated rings. The Morgan fingerprint density at radius 3 is 2.16 bits per heavy atom. The summed E-state index contributed by atoms with van der Waals surface area (Å²) in [5.41, 5.74) is 8.38. The summed E-state index contributed by atoms with van der Waals surface area (Å²) in [4.78, 5) is 0. The molecular weight excluding hydrogens is 312 g/mol. The highest BCUT2D eigenvalue weighted by atomic mass is 16.5. The van der Waals surface area contributed by atoms with Gasteiger partial charge in [0.2, 0.25) is 0 Å². The van der Waals surface area contributed by atoms with Crippen LogP contribution in [0.1, 0.15) is 25.0 Å². The van der Waals surface area contributed by atoms with Crippen molar-refractivity contribution >= 4 is 0 Å². The number of aliphatic hydroxyl groups is 1. The van der Waals surface area contributed by atoms with Gasteiger partial charge in [0.05, 0.1) is 0 Å². The molecule has 0 radical (unpaired) electrons. The van der Waals surface area contributed by atoms with Crippen LogP contribution in [-0.4, -0.2) is 36.4 Å². The van der Waals surface area contributed by atoms with Gasteiger partial charge in [-0.15, -0.1) is 0 Å². The molecule has 4 nitrogen and oxygen atoms in total. The number of nitrogens with two attached hydrogens (primary N) is 1. The van der Waals surface area contributed by atoms with Crippen LogP contribution in [0.15, 0.2) is 54.6 Å². The summed E-state index contributed by atoms with van der Waals surface area (Å²) >= 11 is 0. The third kappa shape index (κ3) is 7.69. The zero-order valence-corrected chi connectivity index (χ0v) is 15.2. The first-order valence-electron chi connectivity index (χ1n) is 8.95. The van der Waals surface area contributed by atoms with Gasteiger partial charge in [-0.25, -0.2) is 0 Å². The smallest absolute Gasteiger partial charge is 0.119 e. The molecule has 25 heavy (non-hydrogen) atoms. The van der Waals surface area contributed by atoms with E-state index in [4.69, 9.17) is 10.5 Å². The Morgan fingerprint density at radius 1 is 0.960 bits per heavy atom. The molecule has 2 aromatic rings. The SMILES string of the molecule is CC(N)Cc1ccc(CC(C)NC[C@@H](O)COc2ccccc2)cc1. The van der Waals surface area contributed by atoms with Crippen LogP contribution in [0.2, 0.25) is 0 Å². The monoisotopic (exact) mass is 342 g/mol. The van der Waals surface area contributed by atoms with Gasteiger partial charge in [0, 0.05) is 18.6 Å². The first-order chi connectivity index (χ1) is 12.0. The molecule has 0 aromatic heterocycles. The van der Waals surface area contributed by atoms with E-state index in [1.54, 1.807) is 0 Å². The Hall–Kier alpha value is -1.88. The topological polar surface area (TPSA) is 67.5 Å². The lowest BCUT2D eigenvalue weighted by Gasteiger charge is -2.18. The fraction of sp³-hybridized carbons (Fsp3) is 0.429. The maximum absolute atomic E-state index is 10.0. The molecule has 0 aliphatic carbocycles. The van der Waals surface area contributed by atoms with Gasteiger partial charge in [0.1, 0.15) is 18.5 Å². The van der Waals surface area contributed by atoms with Crippen LogP contribution < -0.4 is 15.8 Å². The van der Waals surface area contributed by atoms with Crippen molar-refractivity contribution in [2.75, 3.05) is 13.2 Å². The molecule has 0 amide bonds. The summed E-state index contributed by atoms with van der Waals surface area (Å²) < 4.78 is 5.56. The zero-order valence-electron chi connectivity index (χ0n) is 15.2. The zero-order chi connectivity index (χ0) is 18.1. The Labute approximate surface area is 151 Å². The normalized spacial score (nSPS) is 14.7. The van der Waals surface area contributed by atoms with E-state index in [0.29, 0.717) is 6.54 Å². The Balaban J connectivity index is 1.68. The van der Waals surface area contributed by atoms with Crippen LogP contribution in [0.3, 0.4) is 0 Å². The van der Waals surface area contributed by atoms with Gasteiger partial charge in [-0.2, -0.15) is 0 Å². The lowest BCUT2D eigenvalue weighted by molar-refractivity contribution is 0.104. The van der Waals surface area contributed by atoms with E-state index in [0.717, 1.165) is 18.6 Å². The minimum atomic E-state index is -0.531. The molecule has 0 bridgehead atoms. The minimum absolute atomic E-state index is 0.186. The highest BCUT2D eigenvalue weighted by molar-refractivity contribution is 5.24. The molecule has 0 aliphatic heterocycles. The van der Waals surface area contributed by atoms with E-state index in [9.17, 15) is 5.11 Å². The number of benzene rings is 2. The highest BCUT2D eigenvalue weighted by Crippen LogP contribution is 2.10. The van der Waals surface area contributed by atoms with Crippen molar-refractivity contribution in [1.82, 2.24) is 5.32 Å². The van der Waals surface area contributed by atoms with Gasteiger partial charge in [-0.1, -0.05) is 42.5 Å². The van der Waals surface area contributed by atoms with Gasteiger partial charge in [-0.3, -0.25) is 0 Å². The predicted octanol–water partition coefficient (Wildman–Crippen LogP) is 2.54. The standard InChI is InChI=1S/C21H30N2O2/c1-16(22)12-18-8-10-19(11-9-18)13-17(2)23-14-20(24)15-25-21-6-4-3-5-7-21/h3-11,16-17,20,23-24H,12-15,22H2,1-2H3/t16?,17?,20-/m1/s1. The molecule has 2 unspecified atom stereocenters. The maximum atomic E-state index is 10.0. The van der Waals surface area contributed by atoms with Crippen LogP contribution >= 0.6 is 0 Å². The lowest BCUT2D eigenvalue weighted by atomic mass is 10.0. The van der Waals surface area contributed by atoms with Crippen molar-refractivity contribution in [3.8, 4) is 5.75 Å². The molecule has 4 N–H and O–H groups in total. The van der Waals surface area contributed by atoms with E-state index in [1.165, 1.54) is 11.1 Å². The molecule has 0 saturated heterocycles. The first-order valence-corrected chi connectivity index (χ1v) is 8.95. The average molecular weight is 342 g/mol. The average Bonchev–Trinajstić information content (AvgIpc) is 2.60. The summed E-state index contributed by atoms with van der Waals surface area (Å²) in [6.07, 6.45) is 1.29. The predicted molar refractivity (Wildman–Crippen MR) is 103 cm³/mol. The molecule has 136 valence electrons. The minimum Gasteiger partial charge on any atom is -0.491 e. The quantitative estimate of drug-likeness (QED) is 0.621. The summed E-state index contributed by atoms with van der Waals surface area (Å²) in [7, 11) is 0. The van der Waals surface area contributed by atoms with Crippen LogP contribution in [0.25, 0.3) is 0 Å². The fourth-order valence-corrected chi connectivity index (χ4v) is 2.71. The van der Waals surface area contributed by atoms with Crippen molar-refractivity contribution in [3.05, 3.63) is 65.7 Å². The van der Waals surface area contributed by atoms with Crippen molar-refractivity contribution in [2.45, 2.75) is 44.9 Å². The maximum Gasteiger partial charge on any atom is 0.119 e. The van der Waals surface area contributed by atoms with Gasteiger partial charge in [0.15, 0.2) is 0 Å². The van der Waals surface area contributed by atoms with Gasteiger partial charge >= 0.3 is 0 Å². The van der Waals surface area contributed by atoms with Crippen molar-refractivity contribution in [1.29, 1.82) is 0 Å². The summed E-state index contributed by atoms with van der Waals surface area (Å²) in [5.74, 6) is 0.779. The van der Waals surface area contributed by atoms with Crippen molar-refractivity contribution < 1.29 is 9.84 Å². The number of nitrogens with one attached hydrogen (secondary N) is 1. The van der Waals surface area contributed by atoms with E-state index < -0.39 is 6.10 Å². The fourth-order valence-electron chi connectivity index (χ4n) is 2.71. The molecule has 0 heterocycles. The number of para-hydroxylation sites is 1. The van der Waals surface area contributed by atoms with E-state index in [2.05, 4.69) is 36.5 Å². The summed E-state index contributed by atoms with van der Waals surface area (Å²) in [6.45, 7) is 4.94. The first kappa shape index (κ1) is 19.4. The number of hydrogen-bond donors (Lipinski definition) is 3. The number of ether oxygens (including phenoxy) is 1. The molecule has 4 heteroatoms. The van der Waals surface area contributed by atoms with Crippen LogP contribution in [0.5, 0.6) is 5.75 Å². The molecule has 2 rings (SSSR count). The van der Waals surface area contributed by atoms with Gasteiger partial charge in [-0.05, 0) is 49.9 Å². The van der Waals surface area contributed by atoms with Crippen LogP contribution in [-0.2, 0) is 12.8 Å². The van der Waals surface area contributed by atoms with Crippen LogP contribution in [0.4, 0.5) is 0 Å². The molecule has 0 aliphatic rings. The van der Waals surface area contributed by atoms with Gasteiger partial charge in [0.25, 0.3) is 0 Å². The molecule has 2 aromatic carbocycles. The Kier molecular flexibility index (Phi) is 7.92. The van der Waals surface area contributed by atoms with E-state index >= 15 is 0 Å². The van der Waals surface area contributed by atoms with E-state index in [-0.39, 0.29) is 18.7 Å². The Bertz CT molecular complexity index is 599. The third-order valence-electron chi connectivity index (χ3n) is 4.01. The molecular formula is C21H30N2O2. The molecule has 3 atom stereocenters. The summed E-state index contributed by atoms with van der Waals surface area (Å²) in [5, 5.41) is 13.4. The second-order valence-electron chi connectivity index (χ2n) is 6.79. The second kappa shape index (κ2) is 10.2. The molecule has 0 saturated carbocycles. The van der Waals surface area contributed by atoms with E-state index in [1.807, 2.05) is 37.3 Å². The second-order valence-corrected chi connectivity index (χ2v) is 6.79. The largest absolute Gasteiger partial charge is 0.491 e. The van der Waals surface area contributed by atoms with Crippen LogP contribution in [0, 0.1) is 0 Å². The highest BCUT2D eigenvalue weighted by Gasteiger charge is 2.09. The number of hydrogen-bond acceptors (Lipinski definition) is 4. The Morgan fingerprint density at radius 2 is 1.56 bits per heavy atom.